The first-order valence-corrected chi connectivity index (χ1v) is 8.96. The van der Waals surface area contributed by atoms with Crippen LogP contribution in [0, 0.1) is 0 Å². The topological polar surface area (TPSA) is 75.7 Å². The third-order valence-electron chi connectivity index (χ3n) is 4.11. The average molecular weight is 324 g/mol. The lowest BCUT2D eigenvalue weighted by Crippen LogP contribution is -2.31. The minimum atomic E-state index is -3.54. The molecule has 0 unspecified atom stereocenters. The van der Waals surface area contributed by atoms with Crippen LogP contribution in [0.4, 0.5) is 5.69 Å². The third-order valence-corrected chi connectivity index (χ3v) is 5.55. The van der Waals surface area contributed by atoms with Gasteiger partial charge in [0, 0.05) is 26.8 Å². The molecule has 7 heteroatoms. The van der Waals surface area contributed by atoms with Gasteiger partial charge in [-0.3, -0.25) is 4.79 Å². The third kappa shape index (κ3) is 2.76. The maximum Gasteiger partial charge on any atom is 0.240 e. The van der Waals surface area contributed by atoms with E-state index in [1.165, 1.54) is 0 Å². The predicted octanol–water partition coefficient (Wildman–Crippen LogP) is 0.837. The van der Waals surface area contributed by atoms with Crippen molar-refractivity contribution in [3.63, 3.8) is 0 Å². The van der Waals surface area contributed by atoms with E-state index in [1.807, 2.05) is 0 Å². The Labute approximate surface area is 130 Å². The average Bonchev–Trinajstić information content (AvgIpc) is 2.82. The summed E-state index contributed by atoms with van der Waals surface area (Å²) in [6.07, 6.45) is 2.62. The highest BCUT2D eigenvalue weighted by atomic mass is 32.2. The lowest BCUT2D eigenvalue weighted by molar-refractivity contribution is -0.117. The second kappa shape index (κ2) is 5.98. The Morgan fingerprint density at radius 1 is 1.32 bits per heavy atom. The number of amides is 1. The smallest absolute Gasteiger partial charge is 0.240 e. The summed E-state index contributed by atoms with van der Waals surface area (Å²) in [6.45, 7) is 1.59. The van der Waals surface area contributed by atoms with Crippen LogP contribution in [0.2, 0.25) is 0 Å². The molecule has 2 heterocycles. The number of nitrogens with zero attached hydrogens (tertiary/aromatic N) is 1. The van der Waals surface area contributed by atoms with Crippen molar-refractivity contribution in [3.8, 4) is 0 Å². The fourth-order valence-corrected chi connectivity index (χ4v) is 4.28. The van der Waals surface area contributed by atoms with Gasteiger partial charge in [0.2, 0.25) is 15.9 Å². The maximum absolute atomic E-state index is 12.4. The number of ether oxygens (including phenoxy) is 1. The van der Waals surface area contributed by atoms with Gasteiger partial charge in [0.25, 0.3) is 0 Å². The molecular formula is C15H20N2O4S. The Morgan fingerprint density at radius 3 is 2.86 bits per heavy atom. The molecule has 0 saturated carbocycles. The van der Waals surface area contributed by atoms with Gasteiger partial charge < -0.3 is 9.64 Å². The van der Waals surface area contributed by atoms with Crippen molar-refractivity contribution in [1.29, 1.82) is 0 Å². The molecule has 6 nitrogen and oxygen atoms in total. The molecule has 0 atom stereocenters. The minimum absolute atomic E-state index is 0.0681. The summed E-state index contributed by atoms with van der Waals surface area (Å²) < 4.78 is 32.3. The van der Waals surface area contributed by atoms with E-state index in [9.17, 15) is 13.2 Å². The molecule has 2 aliphatic heterocycles. The van der Waals surface area contributed by atoms with Crippen LogP contribution in [0.25, 0.3) is 0 Å². The van der Waals surface area contributed by atoms with Gasteiger partial charge in [-0.2, -0.15) is 0 Å². The molecule has 0 aromatic heterocycles. The van der Waals surface area contributed by atoms with Crippen LogP contribution in [-0.2, 0) is 32.4 Å². The van der Waals surface area contributed by atoms with Gasteiger partial charge in [-0.25, -0.2) is 13.1 Å². The molecule has 120 valence electrons. The molecule has 0 aliphatic carbocycles. The van der Waals surface area contributed by atoms with Gasteiger partial charge in [-0.1, -0.05) is 0 Å². The van der Waals surface area contributed by atoms with Crippen molar-refractivity contribution < 1.29 is 17.9 Å². The first-order valence-electron chi connectivity index (χ1n) is 7.47. The Bertz CT molecular complexity index is 700. The molecule has 22 heavy (non-hydrogen) atoms. The lowest BCUT2D eigenvalue weighted by atomic mass is 10.0. The highest BCUT2D eigenvalue weighted by Gasteiger charge is 2.33. The first kappa shape index (κ1) is 15.5. The van der Waals surface area contributed by atoms with E-state index in [-0.39, 0.29) is 10.8 Å². The maximum atomic E-state index is 12.4. The second-order valence-corrected chi connectivity index (χ2v) is 7.43. The molecule has 1 N–H and O–H groups in total. The first-order chi connectivity index (χ1) is 10.5. The van der Waals surface area contributed by atoms with E-state index >= 15 is 0 Å². The number of nitrogens with one attached hydrogen (secondary N) is 1. The zero-order valence-electron chi connectivity index (χ0n) is 12.6. The molecule has 0 bridgehead atoms. The number of hydrogen-bond donors (Lipinski definition) is 1. The minimum Gasteiger partial charge on any atom is -0.385 e. The van der Waals surface area contributed by atoms with E-state index in [2.05, 4.69) is 4.72 Å². The van der Waals surface area contributed by atoms with Crippen LogP contribution in [0.3, 0.4) is 0 Å². The van der Waals surface area contributed by atoms with Crippen molar-refractivity contribution in [2.45, 2.75) is 30.6 Å². The summed E-state index contributed by atoms with van der Waals surface area (Å²) >= 11 is 0. The Morgan fingerprint density at radius 2 is 2.09 bits per heavy atom. The molecule has 2 aliphatic rings. The zero-order chi connectivity index (χ0) is 15.7. The van der Waals surface area contributed by atoms with Gasteiger partial charge >= 0.3 is 0 Å². The fraction of sp³-hybridized carbons (Fsp3) is 0.533. The fourth-order valence-electron chi connectivity index (χ4n) is 3.11. The number of methoxy groups -OCH3 is 1. The van der Waals surface area contributed by atoms with Gasteiger partial charge in [0.05, 0.1) is 17.0 Å². The van der Waals surface area contributed by atoms with Crippen LogP contribution >= 0.6 is 0 Å². The SMILES string of the molecule is COCCCNS(=O)(=O)c1cc2c3c(c1)CC(=O)N3CCC2. The van der Waals surface area contributed by atoms with E-state index in [0.717, 1.165) is 36.2 Å². The molecule has 0 radical (unpaired) electrons. The van der Waals surface area contributed by atoms with Gasteiger partial charge in [0.15, 0.2) is 0 Å². The Kier molecular flexibility index (Phi) is 4.20. The molecule has 0 saturated heterocycles. The highest BCUT2D eigenvalue weighted by Crippen LogP contribution is 2.38. The van der Waals surface area contributed by atoms with Crippen molar-refractivity contribution in [1.82, 2.24) is 4.72 Å². The largest absolute Gasteiger partial charge is 0.385 e. The summed E-state index contributed by atoms with van der Waals surface area (Å²) in [6, 6.07) is 3.35. The predicted molar refractivity (Wildman–Crippen MR) is 82.5 cm³/mol. The van der Waals surface area contributed by atoms with Crippen molar-refractivity contribution >= 4 is 21.6 Å². The molecule has 1 amide bonds. The van der Waals surface area contributed by atoms with Crippen LogP contribution in [0.1, 0.15) is 24.0 Å². The zero-order valence-corrected chi connectivity index (χ0v) is 13.4. The van der Waals surface area contributed by atoms with Gasteiger partial charge in [-0.15, -0.1) is 0 Å². The van der Waals surface area contributed by atoms with Crippen LogP contribution in [0.5, 0.6) is 0 Å². The molecule has 1 aromatic carbocycles. The number of carbonyl (C=O) groups excluding carboxylic acids is 1. The van der Waals surface area contributed by atoms with Crippen LogP contribution < -0.4 is 9.62 Å². The van der Waals surface area contributed by atoms with Crippen molar-refractivity contribution in [2.24, 2.45) is 0 Å². The summed E-state index contributed by atoms with van der Waals surface area (Å²) in [5.74, 6) is 0.0681. The van der Waals surface area contributed by atoms with Crippen molar-refractivity contribution in [2.75, 3.05) is 31.7 Å². The number of carbonyl (C=O) groups is 1. The molecule has 0 spiro atoms. The summed E-state index contributed by atoms with van der Waals surface area (Å²) in [4.78, 5) is 14.0. The molecular weight excluding hydrogens is 304 g/mol. The summed E-state index contributed by atoms with van der Waals surface area (Å²) in [5.41, 5.74) is 2.74. The number of anilines is 1. The quantitative estimate of drug-likeness (QED) is 0.787. The highest BCUT2D eigenvalue weighted by molar-refractivity contribution is 7.89. The summed E-state index contributed by atoms with van der Waals surface area (Å²) in [5, 5.41) is 0. The van der Waals surface area contributed by atoms with Crippen LogP contribution in [-0.4, -0.2) is 41.1 Å². The second-order valence-electron chi connectivity index (χ2n) is 5.66. The number of benzene rings is 1. The molecule has 3 rings (SSSR count). The number of hydrogen-bond acceptors (Lipinski definition) is 4. The van der Waals surface area contributed by atoms with E-state index in [0.29, 0.717) is 26.0 Å². The number of rotatable bonds is 6. The van der Waals surface area contributed by atoms with E-state index in [4.69, 9.17) is 4.74 Å². The van der Waals surface area contributed by atoms with Gasteiger partial charge in [0.1, 0.15) is 0 Å². The monoisotopic (exact) mass is 324 g/mol. The standard InChI is InChI=1S/C15H20N2O4S/c1-21-7-3-5-16-22(19,20)13-8-11-4-2-6-17-14(18)10-12(9-13)15(11)17/h8-9,16H,2-7,10H2,1H3. The van der Waals surface area contributed by atoms with Crippen molar-refractivity contribution in [3.05, 3.63) is 23.3 Å². The van der Waals surface area contributed by atoms with E-state index < -0.39 is 10.0 Å². The summed E-state index contributed by atoms with van der Waals surface area (Å²) in [7, 11) is -1.96. The van der Waals surface area contributed by atoms with Gasteiger partial charge in [-0.05, 0) is 42.5 Å². The molecule has 1 aromatic rings. The molecule has 0 fully saturated rings. The van der Waals surface area contributed by atoms with E-state index in [1.54, 1.807) is 24.1 Å². The van der Waals surface area contributed by atoms with Crippen LogP contribution in [0.15, 0.2) is 17.0 Å². The lowest BCUT2D eigenvalue weighted by Gasteiger charge is -2.26. The normalized spacial score (nSPS) is 17.0. The number of aryl methyl sites for hydroxylation is 1. The number of sulfonamides is 1. The Balaban J connectivity index is 1.87. The Hall–Kier alpha value is -1.44.